The van der Waals surface area contributed by atoms with E-state index in [9.17, 15) is 9.59 Å². The normalized spacial score (nSPS) is 13.1. The van der Waals surface area contributed by atoms with Gasteiger partial charge in [-0.3, -0.25) is 9.59 Å². The van der Waals surface area contributed by atoms with Crippen LogP contribution in [0.3, 0.4) is 0 Å². The third-order valence-electron chi connectivity index (χ3n) is 6.81. The van der Waals surface area contributed by atoms with Crippen LogP contribution >= 0.6 is 0 Å². The number of ether oxygens (including phenoxy) is 4. The third kappa shape index (κ3) is 8.36. The van der Waals surface area contributed by atoms with Crippen molar-refractivity contribution in [2.45, 2.75) is 93.3 Å². The highest BCUT2D eigenvalue weighted by Gasteiger charge is 2.21. The summed E-state index contributed by atoms with van der Waals surface area (Å²) in [7, 11) is 0. The van der Waals surface area contributed by atoms with Crippen molar-refractivity contribution in [3.63, 3.8) is 0 Å². The number of hydrogen-bond acceptors (Lipinski definition) is 6. The summed E-state index contributed by atoms with van der Waals surface area (Å²) < 4.78 is 24.4. The molecule has 0 fully saturated rings. The van der Waals surface area contributed by atoms with Gasteiger partial charge in [-0.25, -0.2) is 0 Å². The molecule has 3 aromatic rings. The predicted octanol–water partition coefficient (Wildman–Crippen LogP) is 8.10. The zero-order valence-electron chi connectivity index (χ0n) is 25.5. The maximum absolute atomic E-state index is 12.3. The van der Waals surface area contributed by atoms with Gasteiger partial charge in [0.05, 0.1) is 0 Å². The van der Waals surface area contributed by atoms with Gasteiger partial charge in [0, 0.05) is 34.4 Å². The molecule has 0 aliphatic carbocycles. The highest BCUT2D eigenvalue weighted by molar-refractivity contribution is 6.11. The molecule has 3 aromatic carbocycles. The van der Waals surface area contributed by atoms with Gasteiger partial charge in [-0.2, -0.15) is 0 Å². The number of esters is 2. The van der Waals surface area contributed by atoms with E-state index >= 15 is 0 Å². The lowest BCUT2D eigenvalue weighted by Gasteiger charge is -2.23. The first-order valence-electron chi connectivity index (χ1n) is 14.6. The standard InChI is InChI=1S/C34H46O6/c1-9-25(39-31(35)15-21(3)4)19-37-33-27-13-11-24(8)18-30(27)34(28-14-12-23(7)17-29(28)33)38-20-26(10-2)40-32(36)16-22(5)6/h11-14,17-18,21-22,25-26H,9-10,15-16,19-20H2,1-8H3. The molecule has 6 heteroatoms. The topological polar surface area (TPSA) is 71.1 Å². The van der Waals surface area contributed by atoms with Gasteiger partial charge in [-0.1, -0.05) is 76.9 Å². The summed E-state index contributed by atoms with van der Waals surface area (Å²) in [6.07, 6.45) is 1.42. The van der Waals surface area contributed by atoms with Crippen LogP contribution in [0.15, 0.2) is 36.4 Å². The highest BCUT2D eigenvalue weighted by Crippen LogP contribution is 2.43. The molecule has 0 amide bonds. The second kappa shape index (κ2) is 14.4. The van der Waals surface area contributed by atoms with Crippen molar-refractivity contribution < 1.29 is 28.5 Å². The molecule has 0 aromatic heterocycles. The van der Waals surface area contributed by atoms with Crippen molar-refractivity contribution in [1.82, 2.24) is 0 Å². The first-order chi connectivity index (χ1) is 19.0. The van der Waals surface area contributed by atoms with Gasteiger partial charge < -0.3 is 18.9 Å². The summed E-state index contributed by atoms with van der Waals surface area (Å²) in [4.78, 5) is 24.7. The number of benzene rings is 3. The van der Waals surface area contributed by atoms with Crippen LogP contribution in [0.4, 0.5) is 0 Å². The fourth-order valence-electron chi connectivity index (χ4n) is 4.65. The highest BCUT2D eigenvalue weighted by atomic mass is 16.6. The Labute approximate surface area is 239 Å². The minimum Gasteiger partial charge on any atom is -0.488 e. The van der Waals surface area contributed by atoms with E-state index < -0.39 is 0 Å². The van der Waals surface area contributed by atoms with Crippen LogP contribution in [-0.4, -0.2) is 37.4 Å². The van der Waals surface area contributed by atoms with Gasteiger partial charge in [-0.05, 0) is 50.7 Å². The molecule has 218 valence electrons. The van der Waals surface area contributed by atoms with Gasteiger partial charge in [0.1, 0.15) is 36.9 Å². The average Bonchev–Trinajstić information content (AvgIpc) is 2.88. The second-order valence-electron chi connectivity index (χ2n) is 11.6. The first kappa shape index (κ1) is 31.3. The number of fused-ring (bicyclic) bond motifs is 2. The minimum atomic E-state index is -0.339. The summed E-state index contributed by atoms with van der Waals surface area (Å²) in [6.45, 7) is 16.6. The molecule has 40 heavy (non-hydrogen) atoms. The molecule has 3 rings (SSSR count). The lowest BCUT2D eigenvalue weighted by molar-refractivity contribution is -0.152. The first-order valence-corrected chi connectivity index (χ1v) is 14.6. The van der Waals surface area contributed by atoms with Crippen molar-refractivity contribution in [2.24, 2.45) is 11.8 Å². The minimum absolute atomic E-state index is 0.199. The van der Waals surface area contributed by atoms with Crippen molar-refractivity contribution in [2.75, 3.05) is 13.2 Å². The van der Waals surface area contributed by atoms with Crippen LogP contribution in [0, 0.1) is 25.7 Å². The predicted molar refractivity (Wildman–Crippen MR) is 161 cm³/mol. The van der Waals surface area contributed by atoms with Gasteiger partial charge in [0.15, 0.2) is 0 Å². The van der Waals surface area contributed by atoms with E-state index in [0.29, 0.717) is 25.7 Å². The van der Waals surface area contributed by atoms with E-state index in [4.69, 9.17) is 18.9 Å². The van der Waals surface area contributed by atoms with Crippen LogP contribution in [0.25, 0.3) is 21.5 Å². The molecular weight excluding hydrogens is 504 g/mol. The Morgan fingerprint density at radius 1 is 0.625 bits per heavy atom. The number of carbonyl (C=O) groups excluding carboxylic acids is 2. The molecule has 0 saturated heterocycles. The molecule has 0 saturated carbocycles. The molecule has 6 nitrogen and oxygen atoms in total. The second-order valence-corrected chi connectivity index (χ2v) is 11.6. The Morgan fingerprint density at radius 3 is 1.32 bits per heavy atom. The van der Waals surface area contributed by atoms with Crippen molar-refractivity contribution in [1.29, 1.82) is 0 Å². The molecule has 0 spiro atoms. The van der Waals surface area contributed by atoms with Crippen molar-refractivity contribution in [3.05, 3.63) is 47.5 Å². The fraction of sp³-hybridized carbons (Fsp3) is 0.529. The lowest BCUT2D eigenvalue weighted by Crippen LogP contribution is -2.25. The van der Waals surface area contributed by atoms with E-state index in [1.165, 1.54) is 0 Å². The maximum Gasteiger partial charge on any atom is 0.306 e. The van der Waals surface area contributed by atoms with Crippen molar-refractivity contribution >= 4 is 33.5 Å². The molecule has 0 aliphatic rings. The quantitative estimate of drug-likeness (QED) is 0.149. The summed E-state index contributed by atoms with van der Waals surface area (Å²) >= 11 is 0. The SMILES string of the molecule is CCC(COc1c2ccc(C)cc2c(OCC(CC)OC(=O)CC(C)C)c2ccc(C)cc12)OC(=O)CC(C)C. The largest absolute Gasteiger partial charge is 0.488 e. The lowest BCUT2D eigenvalue weighted by atomic mass is 9.97. The molecule has 0 aliphatic heterocycles. The maximum atomic E-state index is 12.3. The van der Waals surface area contributed by atoms with Gasteiger partial charge in [0.2, 0.25) is 0 Å². The monoisotopic (exact) mass is 550 g/mol. The number of aryl methyl sites for hydroxylation is 2. The zero-order chi connectivity index (χ0) is 29.4. The van der Waals surface area contributed by atoms with Gasteiger partial charge in [-0.15, -0.1) is 0 Å². The van der Waals surface area contributed by atoms with Crippen LogP contribution in [-0.2, 0) is 19.1 Å². The number of hydrogen-bond donors (Lipinski definition) is 0. The van der Waals surface area contributed by atoms with E-state index in [1.807, 2.05) is 55.4 Å². The summed E-state index contributed by atoms with van der Waals surface area (Å²) in [5.74, 6) is 1.57. The molecule has 0 heterocycles. The Hall–Kier alpha value is -3.28. The summed E-state index contributed by atoms with van der Waals surface area (Å²) in [6, 6.07) is 12.4. The smallest absolute Gasteiger partial charge is 0.306 e. The Balaban J connectivity index is 1.98. The third-order valence-corrected chi connectivity index (χ3v) is 6.81. The average molecular weight is 551 g/mol. The molecule has 0 N–H and O–H groups in total. The number of carbonyl (C=O) groups is 2. The van der Waals surface area contributed by atoms with Gasteiger partial charge in [0.25, 0.3) is 0 Å². The molecular formula is C34H46O6. The van der Waals surface area contributed by atoms with Gasteiger partial charge >= 0.3 is 11.9 Å². The van der Waals surface area contributed by atoms with Crippen LogP contribution < -0.4 is 9.47 Å². The van der Waals surface area contributed by atoms with Crippen molar-refractivity contribution in [3.8, 4) is 11.5 Å². The van der Waals surface area contributed by atoms with E-state index in [0.717, 1.165) is 44.2 Å². The molecule has 2 unspecified atom stereocenters. The Bertz CT molecular complexity index is 1210. The van der Waals surface area contributed by atoms with Crippen LogP contribution in [0.2, 0.25) is 0 Å². The molecule has 2 atom stereocenters. The Kier molecular flexibility index (Phi) is 11.2. The summed E-state index contributed by atoms with van der Waals surface area (Å²) in [5, 5.41) is 3.71. The molecule has 0 radical (unpaired) electrons. The zero-order valence-corrected chi connectivity index (χ0v) is 25.5. The fourth-order valence-corrected chi connectivity index (χ4v) is 4.65. The van der Waals surface area contributed by atoms with E-state index in [2.05, 4.69) is 36.4 Å². The van der Waals surface area contributed by atoms with E-state index in [-0.39, 0.29) is 49.2 Å². The summed E-state index contributed by atoms with van der Waals surface area (Å²) in [5.41, 5.74) is 2.19. The van der Waals surface area contributed by atoms with Crippen LogP contribution in [0.5, 0.6) is 11.5 Å². The molecule has 0 bridgehead atoms. The Morgan fingerprint density at radius 2 is 1.00 bits per heavy atom. The van der Waals surface area contributed by atoms with E-state index in [1.54, 1.807) is 0 Å². The van der Waals surface area contributed by atoms with Crippen LogP contribution in [0.1, 0.15) is 78.4 Å². The number of rotatable bonds is 14.